The molecule has 31 heavy (non-hydrogen) atoms. The number of carbonyl (C=O) groups is 2. The maximum Gasteiger partial charge on any atom is 0.322 e. The summed E-state index contributed by atoms with van der Waals surface area (Å²) in [4.78, 5) is 32.7. The summed E-state index contributed by atoms with van der Waals surface area (Å²) in [6.07, 6.45) is 4.25. The van der Waals surface area contributed by atoms with Gasteiger partial charge in [-0.15, -0.1) is 0 Å². The lowest BCUT2D eigenvalue weighted by molar-refractivity contribution is 0.209. The normalized spacial score (nSPS) is 13.0. The van der Waals surface area contributed by atoms with Gasteiger partial charge in [0, 0.05) is 49.9 Å². The van der Waals surface area contributed by atoms with Crippen LogP contribution in [0.4, 0.5) is 21.0 Å². The Hall–Kier alpha value is -3.87. The van der Waals surface area contributed by atoms with E-state index >= 15 is 0 Å². The summed E-state index contributed by atoms with van der Waals surface area (Å²) in [6.45, 7) is 2.26. The lowest BCUT2D eigenvalue weighted by atomic mass is 10.1. The quantitative estimate of drug-likeness (QED) is 0.615. The third-order valence-corrected chi connectivity index (χ3v) is 5.16. The van der Waals surface area contributed by atoms with E-state index in [1.807, 2.05) is 54.6 Å². The van der Waals surface area contributed by atoms with Gasteiger partial charge in [0.1, 0.15) is 0 Å². The van der Waals surface area contributed by atoms with Crippen molar-refractivity contribution in [1.82, 2.24) is 15.2 Å². The maximum atomic E-state index is 13.1. The number of hydrogen-bond acceptors (Lipinski definition) is 3. The molecule has 0 spiro atoms. The standard InChI is InChI=1S/C24H25N5O2/c30-23-26-13-15-29(23)22-10-4-9-21(16-22)27-24(31)28(18-20-8-5-12-25-17-20)14-11-19-6-2-1-3-7-19/h1-10,12,16-17H,11,13-15,18H2,(H,26,30)(H,27,31). The largest absolute Gasteiger partial charge is 0.336 e. The molecule has 1 aromatic heterocycles. The van der Waals surface area contributed by atoms with Crippen molar-refractivity contribution in [2.45, 2.75) is 13.0 Å². The monoisotopic (exact) mass is 415 g/mol. The van der Waals surface area contributed by atoms with Crippen LogP contribution in [0.2, 0.25) is 0 Å². The predicted molar refractivity (Wildman–Crippen MR) is 121 cm³/mol. The van der Waals surface area contributed by atoms with Crippen molar-refractivity contribution in [2.24, 2.45) is 0 Å². The Kier molecular flexibility index (Phi) is 6.42. The summed E-state index contributed by atoms with van der Waals surface area (Å²) in [6, 6.07) is 21.0. The van der Waals surface area contributed by atoms with Crippen LogP contribution in [-0.2, 0) is 13.0 Å². The number of amides is 4. The van der Waals surface area contributed by atoms with E-state index in [0.29, 0.717) is 31.9 Å². The molecule has 0 saturated carbocycles. The fourth-order valence-corrected chi connectivity index (χ4v) is 3.55. The van der Waals surface area contributed by atoms with Crippen LogP contribution < -0.4 is 15.5 Å². The van der Waals surface area contributed by atoms with E-state index in [-0.39, 0.29) is 12.1 Å². The van der Waals surface area contributed by atoms with Crippen LogP contribution in [0, 0.1) is 0 Å². The zero-order chi connectivity index (χ0) is 21.5. The number of anilines is 2. The Labute approximate surface area is 181 Å². The minimum Gasteiger partial charge on any atom is -0.336 e. The highest BCUT2D eigenvalue weighted by Crippen LogP contribution is 2.21. The first-order valence-corrected chi connectivity index (χ1v) is 10.3. The lowest BCUT2D eigenvalue weighted by Gasteiger charge is -2.24. The number of nitrogens with zero attached hydrogens (tertiary/aromatic N) is 3. The molecule has 0 aliphatic carbocycles. The Balaban J connectivity index is 1.47. The molecular formula is C24H25N5O2. The van der Waals surface area contributed by atoms with Gasteiger partial charge in [0.05, 0.1) is 0 Å². The van der Waals surface area contributed by atoms with Gasteiger partial charge in [-0.3, -0.25) is 9.88 Å². The van der Waals surface area contributed by atoms with Crippen molar-refractivity contribution in [3.63, 3.8) is 0 Å². The van der Waals surface area contributed by atoms with Crippen LogP contribution >= 0.6 is 0 Å². The lowest BCUT2D eigenvalue weighted by Crippen LogP contribution is -2.36. The molecule has 7 nitrogen and oxygen atoms in total. The van der Waals surface area contributed by atoms with E-state index in [2.05, 4.69) is 27.8 Å². The molecule has 0 radical (unpaired) electrons. The third kappa shape index (κ3) is 5.39. The van der Waals surface area contributed by atoms with Gasteiger partial charge < -0.3 is 15.5 Å². The Morgan fingerprint density at radius 2 is 1.90 bits per heavy atom. The van der Waals surface area contributed by atoms with E-state index < -0.39 is 0 Å². The van der Waals surface area contributed by atoms with Crippen molar-refractivity contribution in [3.8, 4) is 0 Å². The summed E-state index contributed by atoms with van der Waals surface area (Å²) in [5.41, 5.74) is 3.55. The van der Waals surface area contributed by atoms with Gasteiger partial charge >= 0.3 is 12.1 Å². The molecule has 3 aromatic rings. The molecule has 0 atom stereocenters. The Morgan fingerprint density at radius 1 is 1.06 bits per heavy atom. The van der Waals surface area contributed by atoms with E-state index in [1.54, 1.807) is 22.2 Å². The predicted octanol–water partition coefficient (Wildman–Crippen LogP) is 3.89. The summed E-state index contributed by atoms with van der Waals surface area (Å²) in [5.74, 6) is 0. The molecule has 0 bridgehead atoms. The van der Waals surface area contributed by atoms with Crippen molar-refractivity contribution in [1.29, 1.82) is 0 Å². The first-order chi connectivity index (χ1) is 15.2. The van der Waals surface area contributed by atoms with Crippen LogP contribution in [0.3, 0.4) is 0 Å². The van der Waals surface area contributed by atoms with Gasteiger partial charge in [0.25, 0.3) is 0 Å². The summed E-state index contributed by atoms with van der Waals surface area (Å²) < 4.78 is 0. The van der Waals surface area contributed by atoms with Gasteiger partial charge in [0.15, 0.2) is 0 Å². The van der Waals surface area contributed by atoms with E-state index in [9.17, 15) is 9.59 Å². The van der Waals surface area contributed by atoms with E-state index in [0.717, 1.165) is 17.7 Å². The summed E-state index contributed by atoms with van der Waals surface area (Å²) in [7, 11) is 0. The number of aromatic nitrogens is 1. The van der Waals surface area contributed by atoms with Gasteiger partial charge in [-0.1, -0.05) is 42.5 Å². The van der Waals surface area contributed by atoms with E-state index in [4.69, 9.17) is 0 Å². The average molecular weight is 415 g/mol. The molecule has 0 unspecified atom stereocenters. The van der Waals surface area contributed by atoms with Crippen LogP contribution in [0.1, 0.15) is 11.1 Å². The molecule has 2 N–H and O–H groups in total. The molecule has 1 aliphatic heterocycles. The highest BCUT2D eigenvalue weighted by molar-refractivity contribution is 5.95. The van der Waals surface area contributed by atoms with Crippen molar-refractivity contribution < 1.29 is 9.59 Å². The average Bonchev–Trinajstić information content (AvgIpc) is 3.24. The molecule has 7 heteroatoms. The second-order valence-corrected chi connectivity index (χ2v) is 7.38. The fraction of sp³-hybridized carbons (Fsp3) is 0.208. The number of urea groups is 2. The number of nitrogens with one attached hydrogen (secondary N) is 2. The number of rotatable bonds is 7. The number of carbonyl (C=O) groups excluding carboxylic acids is 2. The minimum absolute atomic E-state index is 0.121. The van der Waals surface area contributed by atoms with Gasteiger partial charge in [-0.2, -0.15) is 0 Å². The fourth-order valence-electron chi connectivity index (χ4n) is 3.55. The molecule has 4 amide bonds. The molecule has 2 aromatic carbocycles. The molecule has 1 saturated heterocycles. The summed E-state index contributed by atoms with van der Waals surface area (Å²) >= 11 is 0. The zero-order valence-electron chi connectivity index (χ0n) is 17.2. The van der Waals surface area contributed by atoms with Gasteiger partial charge in [0.2, 0.25) is 0 Å². The summed E-state index contributed by atoms with van der Waals surface area (Å²) in [5, 5.41) is 5.78. The third-order valence-electron chi connectivity index (χ3n) is 5.16. The van der Waals surface area contributed by atoms with Gasteiger partial charge in [-0.05, 0) is 41.8 Å². The SMILES string of the molecule is O=C(Nc1cccc(N2CCNC2=O)c1)N(CCc1ccccc1)Cc1cccnc1. The van der Waals surface area contributed by atoms with E-state index in [1.165, 1.54) is 5.56 Å². The van der Waals surface area contributed by atoms with Crippen molar-refractivity contribution in [3.05, 3.63) is 90.3 Å². The molecule has 1 fully saturated rings. The second kappa shape index (κ2) is 9.75. The van der Waals surface area contributed by atoms with Crippen molar-refractivity contribution in [2.75, 3.05) is 29.9 Å². The molecule has 2 heterocycles. The zero-order valence-corrected chi connectivity index (χ0v) is 17.2. The highest BCUT2D eigenvalue weighted by Gasteiger charge is 2.21. The van der Waals surface area contributed by atoms with Crippen LogP contribution in [0.15, 0.2) is 79.1 Å². The number of pyridine rings is 1. The van der Waals surface area contributed by atoms with Crippen LogP contribution in [0.5, 0.6) is 0 Å². The minimum atomic E-state index is -0.192. The Bertz CT molecular complexity index is 1030. The molecule has 158 valence electrons. The van der Waals surface area contributed by atoms with Gasteiger partial charge in [-0.25, -0.2) is 9.59 Å². The number of benzene rings is 2. The molecule has 1 aliphatic rings. The highest BCUT2D eigenvalue weighted by atomic mass is 16.2. The van der Waals surface area contributed by atoms with Crippen LogP contribution in [0.25, 0.3) is 0 Å². The van der Waals surface area contributed by atoms with Crippen molar-refractivity contribution >= 4 is 23.4 Å². The van der Waals surface area contributed by atoms with Crippen LogP contribution in [-0.4, -0.2) is 41.6 Å². The number of hydrogen-bond donors (Lipinski definition) is 2. The smallest absolute Gasteiger partial charge is 0.322 e. The second-order valence-electron chi connectivity index (χ2n) is 7.38. The first-order valence-electron chi connectivity index (χ1n) is 10.3. The topological polar surface area (TPSA) is 77.6 Å². The molecule has 4 rings (SSSR count). The molecular weight excluding hydrogens is 390 g/mol. The maximum absolute atomic E-state index is 13.1. The first kappa shape index (κ1) is 20.4. The Morgan fingerprint density at radius 3 is 2.65 bits per heavy atom.